The Morgan fingerprint density at radius 1 is 0.464 bits per heavy atom. The van der Waals surface area contributed by atoms with E-state index < -0.39 is 0 Å². The van der Waals surface area contributed by atoms with Crippen LogP contribution in [0.4, 0.5) is 22.7 Å². The summed E-state index contributed by atoms with van der Waals surface area (Å²) in [5.74, 6) is 0. The molecule has 0 atom stereocenters. The van der Waals surface area contributed by atoms with Gasteiger partial charge in [0.05, 0.1) is 11.4 Å². The average Bonchev–Trinajstić information content (AvgIpc) is 2.72. The SMILES string of the molecule is Cc1ccccc1N(C)c1cccc2cccc(N(C)c3ccccc3C)c12. The topological polar surface area (TPSA) is 6.48 Å². The van der Waals surface area contributed by atoms with Crippen molar-refractivity contribution >= 4 is 33.5 Å². The van der Waals surface area contributed by atoms with Crippen molar-refractivity contribution in [2.45, 2.75) is 13.8 Å². The number of anilines is 4. The van der Waals surface area contributed by atoms with Gasteiger partial charge in [-0.1, -0.05) is 60.7 Å². The number of nitrogens with zero attached hydrogens (tertiary/aromatic N) is 2. The van der Waals surface area contributed by atoms with Crippen molar-refractivity contribution in [3.63, 3.8) is 0 Å². The Hall–Kier alpha value is -3.26. The predicted octanol–water partition coefficient (Wildman–Crippen LogP) is 6.99. The first kappa shape index (κ1) is 18.1. The molecule has 0 unspecified atom stereocenters. The van der Waals surface area contributed by atoms with Crippen LogP contribution in [0.2, 0.25) is 0 Å². The van der Waals surface area contributed by atoms with E-state index in [4.69, 9.17) is 0 Å². The van der Waals surface area contributed by atoms with Crippen LogP contribution in [0.3, 0.4) is 0 Å². The van der Waals surface area contributed by atoms with Gasteiger partial charge in [0.2, 0.25) is 0 Å². The molecule has 0 N–H and O–H groups in total. The molecule has 0 saturated heterocycles. The van der Waals surface area contributed by atoms with E-state index in [2.05, 4.69) is 123 Å². The molecule has 2 nitrogen and oxygen atoms in total. The fourth-order valence-corrected chi connectivity index (χ4v) is 4.00. The van der Waals surface area contributed by atoms with Gasteiger partial charge in [0, 0.05) is 30.9 Å². The van der Waals surface area contributed by atoms with E-state index in [0.29, 0.717) is 0 Å². The molecule has 4 aromatic rings. The Labute approximate surface area is 167 Å². The first-order valence-electron chi connectivity index (χ1n) is 9.68. The smallest absolute Gasteiger partial charge is 0.0509 e. The molecule has 0 spiro atoms. The van der Waals surface area contributed by atoms with Crippen molar-refractivity contribution in [1.82, 2.24) is 0 Å². The van der Waals surface area contributed by atoms with Crippen LogP contribution in [-0.4, -0.2) is 14.1 Å². The molecule has 0 amide bonds. The zero-order valence-electron chi connectivity index (χ0n) is 17.0. The summed E-state index contributed by atoms with van der Waals surface area (Å²) in [6.07, 6.45) is 0. The van der Waals surface area contributed by atoms with E-state index in [-0.39, 0.29) is 0 Å². The Kier molecular flexibility index (Phi) is 4.79. The molecule has 0 saturated carbocycles. The van der Waals surface area contributed by atoms with Crippen molar-refractivity contribution in [3.05, 3.63) is 96.1 Å². The van der Waals surface area contributed by atoms with E-state index in [1.54, 1.807) is 0 Å². The first-order valence-corrected chi connectivity index (χ1v) is 9.68. The minimum Gasteiger partial charge on any atom is -0.344 e. The molecule has 4 aromatic carbocycles. The van der Waals surface area contributed by atoms with E-state index >= 15 is 0 Å². The van der Waals surface area contributed by atoms with Crippen LogP contribution >= 0.6 is 0 Å². The van der Waals surface area contributed by atoms with Gasteiger partial charge in [0.25, 0.3) is 0 Å². The fourth-order valence-electron chi connectivity index (χ4n) is 4.00. The maximum absolute atomic E-state index is 2.30. The lowest BCUT2D eigenvalue weighted by Gasteiger charge is -2.28. The summed E-state index contributed by atoms with van der Waals surface area (Å²) in [4.78, 5) is 4.60. The highest BCUT2D eigenvalue weighted by Crippen LogP contribution is 2.40. The number of fused-ring (bicyclic) bond motifs is 1. The van der Waals surface area contributed by atoms with Gasteiger partial charge in [-0.15, -0.1) is 0 Å². The standard InChI is InChI=1S/C26H26N2/c1-19-11-5-7-15-22(19)27(3)24-17-9-13-21-14-10-18-25(26(21)24)28(4)23-16-8-6-12-20(23)2/h5-18H,1-4H3. The summed E-state index contributed by atoms with van der Waals surface area (Å²) in [5.41, 5.74) is 7.41. The molecule has 0 radical (unpaired) electrons. The third kappa shape index (κ3) is 3.11. The van der Waals surface area contributed by atoms with Gasteiger partial charge < -0.3 is 9.80 Å². The second-order valence-corrected chi connectivity index (χ2v) is 7.34. The van der Waals surface area contributed by atoms with Crippen LogP contribution in [0, 0.1) is 13.8 Å². The third-order valence-electron chi connectivity index (χ3n) is 5.54. The van der Waals surface area contributed by atoms with Crippen molar-refractivity contribution < 1.29 is 0 Å². The molecular formula is C26H26N2. The molecule has 0 aliphatic rings. The summed E-state index contributed by atoms with van der Waals surface area (Å²) >= 11 is 0. The lowest BCUT2D eigenvalue weighted by molar-refractivity contribution is 1.18. The van der Waals surface area contributed by atoms with E-state index in [0.717, 1.165) is 0 Å². The third-order valence-corrected chi connectivity index (χ3v) is 5.54. The summed E-state index contributed by atoms with van der Waals surface area (Å²) in [6.45, 7) is 4.33. The van der Waals surface area contributed by atoms with Crippen LogP contribution in [0.1, 0.15) is 11.1 Å². The summed E-state index contributed by atoms with van der Waals surface area (Å²) in [7, 11) is 4.31. The normalized spacial score (nSPS) is 10.9. The lowest BCUT2D eigenvalue weighted by Crippen LogP contribution is -2.15. The van der Waals surface area contributed by atoms with Crippen LogP contribution in [0.5, 0.6) is 0 Å². The molecular weight excluding hydrogens is 340 g/mol. The van der Waals surface area contributed by atoms with Crippen molar-refractivity contribution in [2.75, 3.05) is 23.9 Å². The molecule has 0 fully saturated rings. The molecule has 2 heteroatoms. The van der Waals surface area contributed by atoms with Crippen LogP contribution in [0.15, 0.2) is 84.9 Å². The highest BCUT2D eigenvalue weighted by molar-refractivity contribution is 6.06. The van der Waals surface area contributed by atoms with Gasteiger partial charge in [-0.2, -0.15) is 0 Å². The summed E-state index contributed by atoms with van der Waals surface area (Å²) in [6, 6.07) is 30.2. The van der Waals surface area contributed by atoms with Gasteiger partial charge in [-0.05, 0) is 54.6 Å². The number of benzene rings is 4. The maximum atomic E-state index is 2.30. The molecule has 140 valence electrons. The highest BCUT2D eigenvalue weighted by atomic mass is 15.1. The van der Waals surface area contributed by atoms with E-state index in [1.165, 1.54) is 44.6 Å². The average molecular weight is 367 g/mol. The summed E-state index contributed by atoms with van der Waals surface area (Å²) < 4.78 is 0. The van der Waals surface area contributed by atoms with Gasteiger partial charge in [0.15, 0.2) is 0 Å². The zero-order chi connectivity index (χ0) is 19.7. The van der Waals surface area contributed by atoms with Crippen molar-refractivity contribution in [2.24, 2.45) is 0 Å². The second-order valence-electron chi connectivity index (χ2n) is 7.34. The Morgan fingerprint density at radius 3 is 1.29 bits per heavy atom. The number of hydrogen-bond donors (Lipinski definition) is 0. The van der Waals surface area contributed by atoms with Crippen LogP contribution in [0.25, 0.3) is 10.8 Å². The number of rotatable bonds is 4. The van der Waals surface area contributed by atoms with Crippen LogP contribution in [-0.2, 0) is 0 Å². The number of hydrogen-bond acceptors (Lipinski definition) is 2. The molecule has 0 aliphatic carbocycles. The van der Waals surface area contributed by atoms with Gasteiger partial charge in [0.1, 0.15) is 0 Å². The lowest BCUT2D eigenvalue weighted by atomic mass is 10.0. The quantitative estimate of drug-likeness (QED) is 0.384. The second kappa shape index (κ2) is 7.40. The van der Waals surface area contributed by atoms with Crippen LogP contribution < -0.4 is 9.80 Å². The molecule has 0 heterocycles. The Bertz CT molecular complexity index is 1040. The van der Waals surface area contributed by atoms with Gasteiger partial charge >= 0.3 is 0 Å². The predicted molar refractivity (Wildman–Crippen MR) is 122 cm³/mol. The number of aryl methyl sites for hydroxylation is 2. The largest absolute Gasteiger partial charge is 0.344 e. The van der Waals surface area contributed by atoms with Gasteiger partial charge in [-0.3, -0.25) is 0 Å². The zero-order valence-corrected chi connectivity index (χ0v) is 17.0. The van der Waals surface area contributed by atoms with Crippen molar-refractivity contribution in [1.29, 1.82) is 0 Å². The molecule has 0 bridgehead atoms. The molecule has 0 aromatic heterocycles. The molecule has 4 rings (SSSR count). The van der Waals surface area contributed by atoms with E-state index in [9.17, 15) is 0 Å². The monoisotopic (exact) mass is 366 g/mol. The Balaban J connectivity index is 1.92. The molecule has 28 heavy (non-hydrogen) atoms. The first-order chi connectivity index (χ1) is 13.6. The highest BCUT2D eigenvalue weighted by Gasteiger charge is 2.16. The fraction of sp³-hybridized carbons (Fsp3) is 0.154. The molecule has 0 aliphatic heterocycles. The minimum atomic E-state index is 1.21. The maximum Gasteiger partial charge on any atom is 0.0509 e. The summed E-state index contributed by atoms with van der Waals surface area (Å²) in [5, 5.41) is 2.51. The van der Waals surface area contributed by atoms with Crippen molar-refractivity contribution in [3.8, 4) is 0 Å². The Morgan fingerprint density at radius 2 is 0.857 bits per heavy atom. The van der Waals surface area contributed by atoms with E-state index in [1.807, 2.05) is 0 Å². The van der Waals surface area contributed by atoms with Gasteiger partial charge in [-0.25, -0.2) is 0 Å². The minimum absolute atomic E-state index is 1.21. The number of para-hydroxylation sites is 2.